The maximum atomic E-state index is 13.0. The van der Waals surface area contributed by atoms with Gasteiger partial charge < -0.3 is 15.4 Å². The van der Waals surface area contributed by atoms with Gasteiger partial charge in [0.2, 0.25) is 15.9 Å². The molecule has 3 aromatic rings. The topological polar surface area (TPSA) is 148 Å². The maximum absolute atomic E-state index is 13.0. The zero-order valence-electron chi connectivity index (χ0n) is 20.4. The average molecular weight is 527 g/mol. The number of nitro groups is 1. The normalized spacial score (nSPS) is 11.8. The van der Waals surface area contributed by atoms with E-state index in [1.807, 2.05) is 37.3 Å². The van der Waals surface area contributed by atoms with E-state index in [-0.39, 0.29) is 34.4 Å². The summed E-state index contributed by atoms with van der Waals surface area (Å²) >= 11 is 0. The molecule has 12 heteroatoms. The van der Waals surface area contributed by atoms with Gasteiger partial charge in [0.1, 0.15) is 18.0 Å². The third-order valence-electron chi connectivity index (χ3n) is 5.42. The average Bonchev–Trinajstić information content (AvgIpc) is 2.87. The number of nitrogens with one attached hydrogen (secondary N) is 2. The van der Waals surface area contributed by atoms with Gasteiger partial charge in [-0.1, -0.05) is 42.5 Å². The zero-order valence-corrected chi connectivity index (χ0v) is 21.2. The largest absolute Gasteiger partial charge is 0.495 e. The number of non-ortho nitro benzene ring substituents is 1. The van der Waals surface area contributed by atoms with E-state index in [1.54, 1.807) is 12.1 Å². The third-order valence-corrected chi connectivity index (χ3v) is 6.55. The Morgan fingerprint density at radius 2 is 1.70 bits per heavy atom. The number of carbonyl (C=O) groups excluding carboxylic acids is 2. The Bertz CT molecular complexity index is 1410. The Morgan fingerprint density at radius 3 is 2.32 bits per heavy atom. The quantitative estimate of drug-likeness (QED) is 0.303. The van der Waals surface area contributed by atoms with Crippen molar-refractivity contribution in [2.45, 2.75) is 13.0 Å². The number of benzene rings is 3. The van der Waals surface area contributed by atoms with Crippen LogP contribution in [0, 0.1) is 10.1 Å². The molecule has 0 aliphatic carbocycles. The number of hydrogen-bond acceptors (Lipinski definition) is 7. The van der Waals surface area contributed by atoms with E-state index in [4.69, 9.17) is 4.74 Å². The molecule has 0 aromatic heterocycles. The van der Waals surface area contributed by atoms with Crippen LogP contribution < -0.4 is 19.7 Å². The lowest BCUT2D eigenvalue weighted by atomic mass is 10.1. The molecule has 3 rings (SSSR count). The number of methoxy groups -OCH3 is 1. The molecule has 0 saturated heterocycles. The van der Waals surface area contributed by atoms with Crippen molar-refractivity contribution in [1.82, 2.24) is 5.32 Å². The minimum absolute atomic E-state index is 0.0264. The van der Waals surface area contributed by atoms with Crippen LogP contribution in [0.15, 0.2) is 72.8 Å². The second-order valence-corrected chi connectivity index (χ2v) is 9.99. The first-order chi connectivity index (χ1) is 17.5. The van der Waals surface area contributed by atoms with Crippen LogP contribution >= 0.6 is 0 Å². The fourth-order valence-corrected chi connectivity index (χ4v) is 4.43. The molecule has 2 N–H and O–H groups in total. The van der Waals surface area contributed by atoms with Gasteiger partial charge in [-0.3, -0.25) is 24.0 Å². The van der Waals surface area contributed by atoms with Crippen molar-refractivity contribution in [2.24, 2.45) is 0 Å². The van der Waals surface area contributed by atoms with E-state index >= 15 is 0 Å². The van der Waals surface area contributed by atoms with E-state index < -0.39 is 33.3 Å². The fraction of sp³-hybridized carbons (Fsp3) is 0.200. The molecule has 0 heterocycles. The molecule has 3 aromatic carbocycles. The number of para-hydroxylation sites is 1. The van der Waals surface area contributed by atoms with Crippen molar-refractivity contribution in [3.63, 3.8) is 0 Å². The lowest BCUT2D eigenvalue weighted by molar-refractivity contribution is -0.384. The smallest absolute Gasteiger partial charge is 0.271 e. The summed E-state index contributed by atoms with van der Waals surface area (Å²) in [6.07, 6.45) is 0.866. The number of ether oxygens (including phenoxy) is 1. The van der Waals surface area contributed by atoms with Gasteiger partial charge in [-0.25, -0.2) is 8.42 Å². The van der Waals surface area contributed by atoms with Crippen LogP contribution in [0.3, 0.4) is 0 Å². The summed E-state index contributed by atoms with van der Waals surface area (Å²) in [5.41, 5.74) is 0.700. The van der Waals surface area contributed by atoms with E-state index in [0.29, 0.717) is 4.31 Å². The van der Waals surface area contributed by atoms with Crippen LogP contribution in [0.25, 0.3) is 0 Å². The van der Waals surface area contributed by atoms with E-state index in [0.717, 1.165) is 24.0 Å². The van der Waals surface area contributed by atoms with Crippen LogP contribution in [0.1, 0.15) is 28.9 Å². The van der Waals surface area contributed by atoms with Gasteiger partial charge in [0.05, 0.1) is 35.6 Å². The van der Waals surface area contributed by atoms with Crippen molar-refractivity contribution in [2.75, 3.05) is 29.5 Å². The number of carbonyl (C=O) groups is 2. The summed E-state index contributed by atoms with van der Waals surface area (Å²) in [6, 6.07) is 18.7. The number of hydrogen-bond donors (Lipinski definition) is 2. The number of sulfonamides is 1. The molecule has 2 amide bonds. The van der Waals surface area contributed by atoms with Crippen LogP contribution in [0.2, 0.25) is 0 Å². The first-order valence-corrected chi connectivity index (χ1v) is 12.9. The highest BCUT2D eigenvalue weighted by atomic mass is 32.2. The highest BCUT2D eigenvalue weighted by Gasteiger charge is 2.27. The second kappa shape index (κ2) is 11.5. The lowest BCUT2D eigenvalue weighted by Gasteiger charge is -2.24. The number of nitrogens with zero attached hydrogens (tertiary/aromatic N) is 2. The first-order valence-electron chi connectivity index (χ1n) is 11.1. The Morgan fingerprint density at radius 1 is 1.05 bits per heavy atom. The second-order valence-electron chi connectivity index (χ2n) is 8.08. The monoisotopic (exact) mass is 526 g/mol. The Labute approximate surface area is 214 Å². The van der Waals surface area contributed by atoms with Crippen LogP contribution in [0.4, 0.5) is 17.1 Å². The standard InChI is InChI=1S/C25H26N4O7S/c1-17(18-9-5-4-6-10-18)26-25(31)20-11-7-8-12-21(20)27-24(30)16-28(37(3,34)35)22-15-19(29(32)33)13-14-23(22)36-2/h4-15,17H,16H2,1-3H3,(H,26,31)(H,27,30)/t17-/m1/s1. The number of amides is 2. The summed E-state index contributed by atoms with van der Waals surface area (Å²) < 4.78 is 31.0. The molecule has 0 fully saturated rings. The maximum Gasteiger partial charge on any atom is 0.271 e. The molecule has 1 atom stereocenters. The summed E-state index contributed by atoms with van der Waals surface area (Å²) in [7, 11) is -2.79. The molecule has 0 unspecified atom stereocenters. The number of rotatable bonds is 10. The van der Waals surface area contributed by atoms with Crippen molar-refractivity contribution in [1.29, 1.82) is 0 Å². The summed E-state index contributed by atoms with van der Waals surface area (Å²) in [5, 5.41) is 16.7. The molecule has 0 aliphatic rings. The molecular weight excluding hydrogens is 500 g/mol. The predicted octanol–water partition coefficient (Wildman–Crippen LogP) is 3.50. The highest BCUT2D eigenvalue weighted by Crippen LogP contribution is 2.33. The van der Waals surface area contributed by atoms with Crippen molar-refractivity contribution in [3.8, 4) is 5.75 Å². The van der Waals surface area contributed by atoms with Gasteiger partial charge in [0.25, 0.3) is 11.6 Å². The van der Waals surface area contributed by atoms with Crippen LogP contribution in [-0.4, -0.2) is 45.1 Å². The molecule has 0 radical (unpaired) electrons. The van der Waals surface area contributed by atoms with Gasteiger partial charge >= 0.3 is 0 Å². The van der Waals surface area contributed by atoms with Crippen LogP contribution in [-0.2, 0) is 14.8 Å². The molecule has 37 heavy (non-hydrogen) atoms. The van der Waals surface area contributed by atoms with Gasteiger partial charge in [-0.15, -0.1) is 0 Å². The molecule has 194 valence electrons. The minimum atomic E-state index is -4.06. The highest BCUT2D eigenvalue weighted by molar-refractivity contribution is 7.92. The number of anilines is 2. The van der Waals surface area contributed by atoms with Crippen molar-refractivity contribution < 1.29 is 27.7 Å². The Balaban J connectivity index is 1.84. The van der Waals surface area contributed by atoms with Crippen molar-refractivity contribution >= 4 is 38.9 Å². The molecule has 0 aliphatic heterocycles. The minimum Gasteiger partial charge on any atom is -0.495 e. The Kier molecular flexibility index (Phi) is 8.45. The lowest BCUT2D eigenvalue weighted by Crippen LogP contribution is -2.38. The van der Waals surface area contributed by atoms with Gasteiger partial charge in [-0.05, 0) is 30.7 Å². The SMILES string of the molecule is COc1ccc([N+](=O)[O-])cc1N(CC(=O)Nc1ccccc1C(=O)N[C@H](C)c1ccccc1)S(C)(=O)=O. The van der Waals surface area contributed by atoms with Gasteiger partial charge in [-0.2, -0.15) is 0 Å². The molecule has 11 nitrogen and oxygen atoms in total. The van der Waals surface area contributed by atoms with Crippen LogP contribution in [0.5, 0.6) is 5.75 Å². The van der Waals surface area contributed by atoms with E-state index in [9.17, 15) is 28.1 Å². The van der Waals surface area contributed by atoms with Gasteiger partial charge in [0, 0.05) is 12.1 Å². The summed E-state index contributed by atoms with van der Waals surface area (Å²) in [6.45, 7) is 1.11. The molecule has 0 saturated carbocycles. The molecule has 0 bridgehead atoms. The molecule has 0 spiro atoms. The van der Waals surface area contributed by atoms with E-state index in [1.165, 1.54) is 25.3 Å². The summed E-state index contributed by atoms with van der Waals surface area (Å²) in [5.74, 6) is -1.18. The molecular formula is C25H26N4O7S. The van der Waals surface area contributed by atoms with E-state index in [2.05, 4.69) is 10.6 Å². The zero-order chi connectivity index (χ0) is 27.2. The van der Waals surface area contributed by atoms with Crippen molar-refractivity contribution in [3.05, 3.63) is 94.0 Å². The number of nitro benzene ring substituents is 1. The summed E-state index contributed by atoms with van der Waals surface area (Å²) in [4.78, 5) is 36.5. The first kappa shape index (κ1) is 27.1. The predicted molar refractivity (Wildman–Crippen MR) is 139 cm³/mol. The third kappa shape index (κ3) is 6.82. The Hall–Kier alpha value is -4.45. The fourth-order valence-electron chi connectivity index (χ4n) is 3.58. The van der Waals surface area contributed by atoms with Gasteiger partial charge in [0.15, 0.2) is 0 Å².